The molecule has 2 nitrogen and oxygen atoms in total. The molecule has 1 atom stereocenters. The summed E-state index contributed by atoms with van der Waals surface area (Å²) in [6.07, 6.45) is 5.21. The van der Waals surface area contributed by atoms with Gasteiger partial charge < -0.3 is 10.1 Å². The fraction of sp³-hybridized carbons (Fsp3) is 0.333. The fourth-order valence-electron chi connectivity index (χ4n) is 1.02. The summed E-state index contributed by atoms with van der Waals surface area (Å²) in [6, 6.07) is 9.84. The maximum Gasteiger partial charge on any atom is 0.119 e. The molecule has 0 spiro atoms. The van der Waals surface area contributed by atoms with E-state index in [0.717, 1.165) is 12.3 Å². The highest BCUT2D eigenvalue weighted by Gasteiger charge is 1.94. The summed E-state index contributed by atoms with van der Waals surface area (Å²) in [5.41, 5.74) is 0. The molecule has 1 aromatic carbocycles. The Bertz CT molecular complexity index is 289. The van der Waals surface area contributed by atoms with Gasteiger partial charge in [-0.25, -0.2) is 0 Å². The van der Waals surface area contributed by atoms with E-state index in [1.54, 1.807) is 0 Å². The van der Waals surface area contributed by atoms with Crippen LogP contribution in [0.1, 0.15) is 6.92 Å². The predicted molar refractivity (Wildman–Crippen MR) is 58.2 cm³/mol. The zero-order valence-electron chi connectivity index (χ0n) is 8.36. The second-order valence-electron chi connectivity index (χ2n) is 3.00. The molecule has 0 aliphatic rings. The SMILES string of the molecule is C#CC(C)NCCOc1ccccc1. The molecule has 14 heavy (non-hydrogen) atoms. The van der Waals surface area contributed by atoms with Crippen LogP contribution in [0, 0.1) is 12.3 Å². The van der Waals surface area contributed by atoms with E-state index in [1.165, 1.54) is 0 Å². The lowest BCUT2D eigenvalue weighted by Gasteiger charge is -2.08. The molecule has 2 heteroatoms. The Morgan fingerprint density at radius 3 is 2.79 bits per heavy atom. The third kappa shape index (κ3) is 3.97. The average molecular weight is 189 g/mol. The zero-order valence-corrected chi connectivity index (χ0v) is 8.36. The molecular weight excluding hydrogens is 174 g/mol. The van der Waals surface area contributed by atoms with Crippen molar-refractivity contribution in [2.45, 2.75) is 13.0 Å². The first-order valence-electron chi connectivity index (χ1n) is 4.70. The summed E-state index contributed by atoms with van der Waals surface area (Å²) in [4.78, 5) is 0. The largest absolute Gasteiger partial charge is 0.492 e. The number of hydrogen-bond donors (Lipinski definition) is 1. The number of ether oxygens (including phenoxy) is 1. The van der Waals surface area contributed by atoms with Crippen LogP contribution in [0.3, 0.4) is 0 Å². The van der Waals surface area contributed by atoms with Crippen molar-refractivity contribution in [3.05, 3.63) is 30.3 Å². The van der Waals surface area contributed by atoms with Gasteiger partial charge in [0, 0.05) is 6.54 Å². The normalized spacial score (nSPS) is 11.7. The van der Waals surface area contributed by atoms with E-state index in [2.05, 4.69) is 11.2 Å². The summed E-state index contributed by atoms with van der Waals surface area (Å²) in [5.74, 6) is 3.49. The van der Waals surface area contributed by atoms with Gasteiger partial charge in [0.2, 0.25) is 0 Å². The molecular formula is C12H15NO. The van der Waals surface area contributed by atoms with Gasteiger partial charge in [0.15, 0.2) is 0 Å². The molecule has 0 radical (unpaired) electrons. The Morgan fingerprint density at radius 1 is 1.43 bits per heavy atom. The van der Waals surface area contributed by atoms with Crippen molar-refractivity contribution in [3.8, 4) is 18.1 Å². The fourth-order valence-corrected chi connectivity index (χ4v) is 1.02. The second kappa shape index (κ2) is 6.06. The number of terminal acetylenes is 1. The molecule has 0 fully saturated rings. The van der Waals surface area contributed by atoms with Crippen molar-refractivity contribution in [1.82, 2.24) is 5.32 Å². The van der Waals surface area contributed by atoms with Crippen LogP contribution in [0.5, 0.6) is 5.75 Å². The van der Waals surface area contributed by atoms with Crippen molar-refractivity contribution < 1.29 is 4.74 Å². The third-order valence-electron chi connectivity index (χ3n) is 1.81. The van der Waals surface area contributed by atoms with Gasteiger partial charge in [-0.05, 0) is 19.1 Å². The van der Waals surface area contributed by atoms with Crippen molar-refractivity contribution in [3.63, 3.8) is 0 Å². The number of benzene rings is 1. The number of hydrogen-bond acceptors (Lipinski definition) is 2. The van der Waals surface area contributed by atoms with Crippen LogP contribution in [-0.4, -0.2) is 19.2 Å². The summed E-state index contributed by atoms with van der Waals surface area (Å²) in [6.45, 7) is 3.35. The van der Waals surface area contributed by atoms with Gasteiger partial charge in [-0.3, -0.25) is 0 Å². The molecule has 1 unspecified atom stereocenters. The molecule has 1 aromatic rings. The molecule has 74 valence electrons. The van der Waals surface area contributed by atoms with Crippen molar-refractivity contribution >= 4 is 0 Å². The van der Waals surface area contributed by atoms with E-state index < -0.39 is 0 Å². The third-order valence-corrected chi connectivity index (χ3v) is 1.81. The summed E-state index contributed by atoms with van der Waals surface area (Å²) < 4.78 is 5.47. The minimum Gasteiger partial charge on any atom is -0.492 e. The first-order valence-corrected chi connectivity index (χ1v) is 4.70. The van der Waals surface area contributed by atoms with Gasteiger partial charge in [-0.15, -0.1) is 6.42 Å². The Kier molecular flexibility index (Phi) is 4.60. The first kappa shape index (κ1) is 10.6. The molecule has 0 amide bonds. The maximum absolute atomic E-state index is 5.47. The van der Waals surface area contributed by atoms with Crippen molar-refractivity contribution in [2.24, 2.45) is 0 Å². The van der Waals surface area contributed by atoms with Crippen LogP contribution in [-0.2, 0) is 0 Å². The van der Waals surface area contributed by atoms with Gasteiger partial charge in [0.1, 0.15) is 12.4 Å². The Balaban J connectivity index is 2.14. The van der Waals surface area contributed by atoms with Crippen LogP contribution in [0.15, 0.2) is 30.3 Å². The summed E-state index contributed by atoms with van der Waals surface area (Å²) in [5, 5.41) is 3.14. The minimum absolute atomic E-state index is 0.106. The molecule has 1 N–H and O–H groups in total. The molecule has 0 aromatic heterocycles. The van der Waals surface area contributed by atoms with Gasteiger partial charge in [0.05, 0.1) is 6.04 Å². The lowest BCUT2D eigenvalue weighted by molar-refractivity contribution is 0.312. The van der Waals surface area contributed by atoms with E-state index in [0.29, 0.717) is 6.61 Å². The lowest BCUT2D eigenvalue weighted by atomic mass is 10.3. The predicted octanol–water partition coefficient (Wildman–Crippen LogP) is 1.68. The van der Waals surface area contributed by atoms with Crippen LogP contribution in [0.2, 0.25) is 0 Å². The van der Waals surface area contributed by atoms with E-state index in [1.807, 2.05) is 37.3 Å². The van der Waals surface area contributed by atoms with Gasteiger partial charge in [0.25, 0.3) is 0 Å². The second-order valence-corrected chi connectivity index (χ2v) is 3.00. The number of para-hydroxylation sites is 1. The smallest absolute Gasteiger partial charge is 0.119 e. The van der Waals surface area contributed by atoms with Crippen LogP contribution < -0.4 is 10.1 Å². The summed E-state index contributed by atoms with van der Waals surface area (Å²) >= 11 is 0. The molecule has 1 rings (SSSR count). The highest BCUT2D eigenvalue weighted by Crippen LogP contribution is 2.07. The van der Waals surface area contributed by atoms with Gasteiger partial charge in [-0.2, -0.15) is 0 Å². The van der Waals surface area contributed by atoms with Crippen LogP contribution >= 0.6 is 0 Å². The van der Waals surface area contributed by atoms with Crippen molar-refractivity contribution in [2.75, 3.05) is 13.2 Å². The maximum atomic E-state index is 5.47. The number of rotatable bonds is 5. The Morgan fingerprint density at radius 2 is 2.14 bits per heavy atom. The monoisotopic (exact) mass is 189 g/mol. The average Bonchev–Trinajstić information content (AvgIpc) is 2.25. The highest BCUT2D eigenvalue weighted by molar-refractivity contribution is 5.20. The zero-order chi connectivity index (χ0) is 10.2. The molecule has 0 bridgehead atoms. The van der Waals surface area contributed by atoms with Crippen molar-refractivity contribution in [1.29, 1.82) is 0 Å². The van der Waals surface area contributed by atoms with E-state index in [-0.39, 0.29) is 6.04 Å². The minimum atomic E-state index is 0.106. The molecule has 0 heterocycles. The van der Waals surface area contributed by atoms with Crippen LogP contribution in [0.25, 0.3) is 0 Å². The standard InChI is InChI=1S/C12H15NO/c1-3-11(2)13-9-10-14-12-7-5-4-6-8-12/h1,4-8,11,13H,9-10H2,2H3. The summed E-state index contributed by atoms with van der Waals surface area (Å²) in [7, 11) is 0. The Hall–Kier alpha value is -1.46. The molecule has 0 aliphatic carbocycles. The number of nitrogens with one attached hydrogen (secondary N) is 1. The highest BCUT2D eigenvalue weighted by atomic mass is 16.5. The first-order chi connectivity index (χ1) is 6.83. The topological polar surface area (TPSA) is 21.3 Å². The molecule has 0 aliphatic heterocycles. The van der Waals surface area contributed by atoms with E-state index in [4.69, 9.17) is 11.2 Å². The van der Waals surface area contributed by atoms with Gasteiger partial charge in [-0.1, -0.05) is 24.1 Å². The molecule has 0 saturated heterocycles. The quantitative estimate of drug-likeness (QED) is 0.562. The molecule has 0 saturated carbocycles. The van der Waals surface area contributed by atoms with E-state index >= 15 is 0 Å². The van der Waals surface area contributed by atoms with Gasteiger partial charge >= 0.3 is 0 Å². The Labute approximate surface area is 85.3 Å². The van der Waals surface area contributed by atoms with E-state index in [9.17, 15) is 0 Å². The van der Waals surface area contributed by atoms with Crippen LogP contribution in [0.4, 0.5) is 0 Å². The lowest BCUT2D eigenvalue weighted by Crippen LogP contribution is -2.28.